The summed E-state index contributed by atoms with van der Waals surface area (Å²) in [4.78, 5) is 14.5. The van der Waals surface area contributed by atoms with Crippen molar-refractivity contribution >= 4 is 5.91 Å². The second kappa shape index (κ2) is 8.30. The number of carbonyl (C=O) groups excluding carboxylic acids is 1. The van der Waals surface area contributed by atoms with E-state index < -0.39 is 0 Å². The van der Waals surface area contributed by atoms with E-state index in [4.69, 9.17) is 4.74 Å². The predicted molar refractivity (Wildman–Crippen MR) is 88.9 cm³/mol. The lowest BCUT2D eigenvalue weighted by molar-refractivity contribution is -0.121. The van der Waals surface area contributed by atoms with E-state index in [2.05, 4.69) is 24.1 Å². The van der Waals surface area contributed by atoms with Crippen LogP contribution in [0.25, 0.3) is 0 Å². The fraction of sp³-hybridized carbons (Fsp3) is 0.611. The molecule has 1 aliphatic heterocycles. The zero-order valence-corrected chi connectivity index (χ0v) is 14.0. The standard InChI is InChI=1S/C18H28N2O2/c1-14(2)12-20-8-9-22-17(13-20)11-19-18(21)10-16-7-5-4-6-15(16)3/h4-7,14,17H,8-13H2,1-3H3,(H,19,21). The first-order valence-electron chi connectivity index (χ1n) is 8.19. The number of rotatable bonds is 6. The lowest BCUT2D eigenvalue weighted by Crippen LogP contribution is -2.48. The van der Waals surface area contributed by atoms with E-state index in [0.717, 1.165) is 37.4 Å². The predicted octanol–water partition coefficient (Wildman–Crippen LogP) is 2.01. The minimum Gasteiger partial charge on any atom is -0.374 e. The van der Waals surface area contributed by atoms with Crippen LogP contribution >= 0.6 is 0 Å². The van der Waals surface area contributed by atoms with Crippen molar-refractivity contribution in [3.8, 4) is 0 Å². The maximum absolute atomic E-state index is 12.1. The van der Waals surface area contributed by atoms with Gasteiger partial charge in [0, 0.05) is 26.2 Å². The van der Waals surface area contributed by atoms with Gasteiger partial charge >= 0.3 is 0 Å². The van der Waals surface area contributed by atoms with Gasteiger partial charge in [0.1, 0.15) is 0 Å². The van der Waals surface area contributed by atoms with E-state index in [1.807, 2.05) is 31.2 Å². The summed E-state index contributed by atoms with van der Waals surface area (Å²) >= 11 is 0. The van der Waals surface area contributed by atoms with Gasteiger partial charge in [0.15, 0.2) is 0 Å². The van der Waals surface area contributed by atoms with E-state index in [9.17, 15) is 4.79 Å². The highest BCUT2D eigenvalue weighted by Crippen LogP contribution is 2.09. The van der Waals surface area contributed by atoms with Crippen LogP contribution in [0, 0.1) is 12.8 Å². The zero-order valence-electron chi connectivity index (χ0n) is 14.0. The third-order valence-electron chi connectivity index (χ3n) is 3.99. The number of aryl methyl sites for hydroxylation is 1. The minimum atomic E-state index is 0.0684. The number of hydrogen-bond acceptors (Lipinski definition) is 3. The Bertz CT molecular complexity index is 488. The van der Waals surface area contributed by atoms with Crippen LogP contribution < -0.4 is 5.32 Å². The number of nitrogens with one attached hydrogen (secondary N) is 1. The van der Waals surface area contributed by atoms with Crippen molar-refractivity contribution < 1.29 is 9.53 Å². The molecule has 1 aromatic rings. The van der Waals surface area contributed by atoms with Crippen molar-refractivity contribution in [1.82, 2.24) is 10.2 Å². The van der Waals surface area contributed by atoms with Crippen molar-refractivity contribution in [1.29, 1.82) is 0 Å². The van der Waals surface area contributed by atoms with Gasteiger partial charge in [-0.15, -0.1) is 0 Å². The molecule has 0 spiro atoms. The summed E-state index contributed by atoms with van der Waals surface area (Å²) < 4.78 is 5.76. The molecule has 1 amide bonds. The monoisotopic (exact) mass is 304 g/mol. The zero-order chi connectivity index (χ0) is 15.9. The molecule has 2 rings (SSSR count). The molecule has 1 fully saturated rings. The Morgan fingerprint density at radius 1 is 1.41 bits per heavy atom. The molecular weight excluding hydrogens is 276 g/mol. The Balaban J connectivity index is 1.75. The molecular formula is C18H28N2O2. The molecule has 1 aliphatic rings. The summed E-state index contributed by atoms with van der Waals surface area (Å²) in [6.45, 7) is 10.8. The molecule has 22 heavy (non-hydrogen) atoms. The molecule has 4 heteroatoms. The number of benzene rings is 1. The molecule has 0 aliphatic carbocycles. The fourth-order valence-corrected chi connectivity index (χ4v) is 2.86. The lowest BCUT2D eigenvalue weighted by atomic mass is 10.1. The largest absolute Gasteiger partial charge is 0.374 e. The summed E-state index contributed by atoms with van der Waals surface area (Å²) in [5, 5.41) is 3.01. The molecule has 0 saturated carbocycles. The summed E-state index contributed by atoms with van der Waals surface area (Å²) in [6, 6.07) is 8.02. The highest BCUT2D eigenvalue weighted by atomic mass is 16.5. The van der Waals surface area contributed by atoms with E-state index in [-0.39, 0.29) is 12.0 Å². The SMILES string of the molecule is Cc1ccccc1CC(=O)NCC1CN(CC(C)C)CCO1. The Hall–Kier alpha value is -1.39. The minimum absolute atomic E-state index is 0.0684. The summed E-state index contributed by atoms with van der Waals surface area (Å²) in [6.07, 6.45) is 0.545. The highest BCUT2D eigenvalue weighted by Gasteiger charge is 2.21. The van der Waals surface area contributed by atoms with Gasteiger partial charge in [0.05, 0.1) is 19.1 Å². The Labute approximate surface area is 133 Å². The van der Waals surface area contributed by atoms with Crippen LogP contribution in [0.4, 0.5) is 0 Å². The molecule has 1 aromatic carbocycles. The number of ether oxygens (including phenoxy) is 1. The van der Waals surface area contributed by atoms with Gasteiger partial charge in [-0.05, 0) is 24.0 Å². The van der Waals surface area contributed by atoms with Crippen molar-refractivity contribution in [2.45, 2.75) is 33.3 Å². The van der Waals surface area contributed by atoms with Crippen LogP contribution in [-0.2, 0) is 16.0 Å². The average Bonchev–Trinajstić information content (AvgIpc) is 2.47. The van der Waals surface area contributed by atoms with Gasteiger partial charge < -0.3 is 10.1 Å². The molecule has 1 N–H and O–H groups in total. The second-order valence-electron chi connectivity index (χ2n) is 6.55. The van der Waals surface area contributed by atoms with Crippen LogP contribution in [-0.4, -0.2) is 49.7 Å². The van der Waals surface area contributed by atoms with Crippen molar-refractivity contribution in [3.05, 3.63) is 35.4 Å². The van der Waals surface area contributed by atoms with Gasteiger partial charge in [-0.1, -0.05) is 38.1 Å². The number of amides is 1. The third-order valence-corrected chi connectivity index (χ3v) is 3.99. The van der Waals surface area contributed by atoms with E-state index in [1.165, 1.54) is 0 Å². The molecule has 122 valence electrons. The van der Waals surface area contributed by atoms with Crippen LogP contribution in [0.3, 0.4) is 0 Å². The van der Waals surface area contributed by atoms with E-state index in [0.29, 0.717) is 18.9 Å². The van der Waals surface area contributed by atoms with Gasteiger partial charge in [-0.25, -0.2) is 0 Å². The van der Waals surface area contributed by atoms with Crippen LogP contribution in [0.2, 0.25) is 0 Å². The van der Waals surface area contributed by atoms with Crippen LogP contribution in [0.15, 0.2) is 24.3 Å². The molecule has 1 heterocycles. The number of morpholine rings is 1. The summed E-state index contributed by atoms with van der Waals surface area (Å²) in [5.74, 6) is 0.730. The van der Waals surface area contributed by atoms with Gasteiger partial charge in [0.25, 0.3) is 0 Å². The van der Waals surface area contributed by atoms with Crippen molar-refractivity contribution in [2.24, 2.45) is 5.92 Å². The molecule has 1 saturated heterocycles. The van der Waals surface area contributed by atoms with E-state index >= 15 is 0 Å². The van der Waals surface area contributed by atoms with Gasteiger partial charge in [-0.2, -0.15) is 0 Å². The van der Waals surface area contributed by atoms with Crippen molar-refractivity contribution in [2.75, 3.05) is 32.8 Å². The first-order valence-corrected chi connectivity index (χ1v) is 8.19. The van der Waals surface area contributed by atoms with Crippen LogP contribution in [0.5, 0.6) is 0 Å². The maximum atomic E-state index is 12.1. The molecule has 1 atom stereocenters. The molecule has 0 bridgehead atoms. The average molecular weight is 304 g/mol. The number of carbonyl (C=O) groups is 1. The lowest BCUT2D eigenvalue weighted by Gasteiger charge is -2.34. The number of hydrogen-bond donors (Lipinski definition) is 1. The smallest absolute Gasteiger partial charge is 0.224 e. The maximum Gasteiger partial charge on any atom is 0.224 e. The molecule has 0 radical (unpaired) electrons. The molecule has 0 aromatic heterocycles. The Morgan fingerprint density at radius 3 is 2.91 bits per heavy atom. The quantitative estimate of drug-likeness (QED) is 0.874. The highest BCUT2D eigenvalue weighted by molar-refractivity contribution is 5.78. The summed E-state index contributed by atoms with van der Waals surface area (Å²) in [5.41, 5.74) is 2.25. The second-order valence-corrected chi connectivity index (χ2v) is 6.55. The molecule has 4 nitrogen and oxygen atoms in total. The molecule has 1 unspecified atom stereocenters. The van der Waals surface area contributed by atoms with Crippen molar-refractivity contribution in [3.63, 3.8) is 0 Å². The normalized spacial score (nSPS) is 19.4. The fourth-order valence-electron chi connectivity index (χ4n) is 2.86. The first kappa shape index (κ1) is 17.0. The first-order chi connectivity index (χ1) is 10.5. The van der Waals surface area contributed by atoms with E-state index in [1.54, 1.807) is 0 Å². The Kier molecular flexibility index (Phi) is 6.40. The number of nitrogens with zero attached hydrogens (tertiary/aromatic N) is 1. The van der Waals surface area contributed by atoms with Gasteiger partial charge in [-0.3, -0.25) is 9.69 Å². The Morgan fingerprint density at radius 2 is 2.18 bits per heavy atom. The van der Waals surface area contributed by atoms with Gasteiger partial charge in [0.2, 0.25) is 5.91 Å². The third kappa shape index (κ3) is 5.43. The topological polar surface area (TPSA) is 41.6 Å². The van der Waals surface area contributed by atoms with Crippen LogP contribution in [0.1, 0.15) is 25.0 Å². The summed E-state index contributed by atoms with van der Waals surface area (Å²) in [7, 11) is 0.